The van der Waals surface area contributed by atoms with Gasteiger partial charge in [-0.1, -0.05) is 6.92 Å². The van der Waals surface area contributed by atoms with Crippen molar-refractivity contribution < 1.29 is 14.7 Å². The maximum Gasteiger partial charge on any atom is 0.342 e. The molecule has 2 saturated carbocycles. The van der Waals surface area contributed by atoms with E-state index in [4.69, 9.17) is 0 Å². The normalized spacial score (nSPS) is 17.2. The van der Waals surface area contributed by atoms with Crippen LogP contribution in [0, 0.1) is 5.92 Å². The number of nitrogens with zero attached hydrogens (tertiary/aromatic N) is 2. The number of anilines is 1. The lowest BCUT2D eigenvalue weighted by Crippen LogP contribution is -2.36. The van der Waals surface area contributed by atoms with Crippen LogP contribution in [0.2, 0.25) is 0 Å². The summed E-state index contributed by atoms with van der Waals surface area (Å²) >= 11 is 0. The minimum absolute atomic E-state index is 0.00812. The van der Waals surface area contributed by atoms with Crippen LogP contribution in [0.15, 0.2) is 24.3 Å². The molecule has 0 spiro atoms. The fourth-order valence-electron chi connectivity index (χ4n) is 3.14. The molecule has 2 fully saturated rings. The Morgan fingerprint density at radius 1 is 1.25 bits per heavy atom. The van der Waals surface area contributed by atoms with Gasteiger partial charge in [-0.25, -0.2) is 4.79 Å². The highest BCUT2D eigenvalue weighted by Crippen LogP contribution is 2.42. The molecular weight excluding hydrogens is 356 g/mol. The number of carbonyl (C=O) groups is 2. The molecule has 1 aromatic carbocycles. The fraction of sp³-hybridized carbons (Fsp3) is 0.476. The second-order valence-corrected chi connectivity index (χ2v) is 7.89. The number of phenolic OH excluding ortho intramolecular Hbond substituents is 1. The molecule has 2 aliphatic rings. The summed E-state index contributed by atoms with van der Waals surface area (Å²) in [6.07, 6.45) is 4.76. The number of aromatic hydroxyl groups is 1. The first-order valence-corrected chi connectivity index (χ1v) is 10.0. The van der Waals surface area contributed by atoms with Crippen LogP contribution in [0.3, 0.4) is 0 Å². The van der Waals surface area contributed by atoms with E-state index in [-0.39, 0.29) is 29.6 Å². The monoisotopic (exact) mass is 382 g/mol. The van der Waals surface area contributed by atoms with Gasteiger partial charge in [0.1, 0.15) is 5.75 Å². The second-order valence-electron chi connectivity index (χ2n) is 7.89. The standard InChI is InChI=1S/C21H26N4O3/c1-3-12(2)22-21(28)25-18(13-4-5-13)11-17(24-25)16-10-15(8-9-19(16)26)23-20(27)14-6-7-14/h8-14,26H,3-7H2,1-2H3,(H,22,28)(H,23,27). The van der Waals surface area contributed by atoms with E-state index < -0.39 is 0 Å². The predicted octanol–water partition coefficient (Wildman–Crippen LogP) is 3.84. The molecule has 148 valence electrons. The van der Waals surface area contributed by atoms with E-state index in [1.807, 2.05) is 19.9 Å². The molecule has 3 N–H and O–H groups in total. The van der Waals surface area contributed by atoms with Crippen molar-refractivity contribution in [3.05, 3.63) is 30.0 Å². The van der Waals surface area contributed by atoms with Crippen LogP contribution in [0.1, 0.15) is 57.6 Å². The van der Waals surface area contributed by atoms with Crippen molar-refractivity contribution in [2.75, 3.05) is 5.32 Å². The highest BCUT2D eigenvalue weighted by Gasteiger charge is 2.32. The summed E-state index contributed by atoms with van der Waals surface area (Å²) < 4.78 is 1.42. The van der Waals surface area contributed by atoms with Gasteiger partial charge in [0.25, 0.3) is 0 Å². The van der Waals surface area contributed by atoms with Gasteiger partial charge in [-0.2, -0.15) is 9.78 Å². The van der Waals surface area contributed by atoms with E-state index in [9.17, 15) is 14.7 Å². The molecule has 0 saturated heterocycles. The Morgan fingerprint density at radius 2 is 2.00 bits per heavy atom. The first-order chi connectivity index (χ1) is 13.5. The molecule has 7 heteroatoms. The van der Waals surface area contributed by atoms with Crippen LogP contribution in [0.5, 0.6) is 5.75 Å². The van der Waals surface area contributed by atoms with Gasteiger partial charge in [0.15, 0.2) is 0 Å². The average molecular weight is 382 g/mol. The van der Waals surface area contributed by atoms with Gasteiger partial charge in [-0.05, 0) is 63.3 Å². The van der Waals surface area contributed by atoms with Crippen molar-refractivity contribution in [1.82, 2.24) is 15.1 Å². The fourth-order valence-corrected chi connectivity index (χ4v) is 3.14. The van der Waals surface area contributed by atoms with Crippen molar-refractivity contribution in [3.8, 4) is 17.0 Å². The number of hydrogen-bond acceptors (Lipinski definition) is 4. The van der Waals surface area contributed by atoms with E-state index in [0.29, 0.717) is 22.9 Å². The third kappa shape index (κ3) is 3.88. The lowest BCUT2D eigenvalue weighted by molar-refractivity contribution is -0.117. The van der Waals surface area contributed by atoms with Crippen LogP contribution in [-0.2, 0) is 4.79 Å². The molecule has 1 heterocycles. The van der Waals surface area contributed by atoms with E-state index in [2.05, 4.69) is 15.7 Å². The van der Waals surface area contributed by atoms with Crippen LogP contribution in [0.4, 0.5) is 10.5 Å². The Bertz CT molecular complexity index is 912. The summed E-state index contributed by atoms with van der Waals surface area (Å²) in [7, 11) is 0. The molecule has 1 aromatic heterocycles. The van der Waals surface area contributed by atoms with Gasteiger partial charge >= 0.3 is 6.03 Å². The summed E-state index contributed by atoms with van der Waals surface area (Å²) in [4.78, 5) is 24.7. The van der Waals surface area contributed by atoms with Gasteiger partial charge in [-0.3, -0.25) is 4.79 Å². The molecular formula is C21H26N4O3. The van der Waals surface area contributed by atoms with Gasteiger partial charge < -0.3 is 15.7 Å². The summed E-state index contributed by atoms with van der Waals surface area (Å²) in [5.41, 5.74) is 2.52. The van der Waals surface area contributed by atoms with Gasteiger partial charge in [0, 0.05) is 29.1 Å². The van der Waals surface area contributed by atoms with Crippen molar-refractivity contribution in [1.29, 1.82) is 0 Å². The summed E-state index contributed by atoms with van der Waals surface area (Å²) in [5.74, 6) is 0.499. The molecule has 28 heavy (non-hydrogen) atoms. The summed E-state index contributed by atoms with van der Waals surface area (Å²) in [6, 6.07) is 6.61. The number of phenols is 1. The van der Waals surface area contributed by atoms with Gasteiger partial charge in [0.05, 0.1) is 11.4 Å². The highest BCUT2D eigenvalue weighted by atomic mass is 16.3. The minimum Gasteiger partial charge on any atom is -0.507 e. The summed E-state index contributed by atoms with van der Waals surface area (Å²) in [5, 5.41) is 20.7. The van der Waals surface area contributed by atoms with Crippen LogP contribution in [0.25, 0.3) is 11.3 Å². The molecule has 0 bridgehead atoms. The zero-order valence-electron chi connectivity index (χ0n) is 16.2. The average Bonchev–Trinajstić information content (AvgIpc) is 3.60. The third-order valence-electron chi connectivity index (χ3n) is 5.40. The van der Waals surface area contributed by atoms with E-state index in [0.717, 1.165) is 37.8 Å². The number of aromatic nitrogens is 2. The second kappa shape index (κ2) is 7.30. The van der Waals surface area contributed by atoms with Gasteiger partial charge in [-0.15, -0.1) is 0 Å². The molecule has 4 rings (SSSR count). The van der Waals surface area contributed by atoms with Crippen LogP contribution < -0.4 is 10.6 Å². The van der Waals surface area contributed by atoms with Crippen molar-refractivity contribution in [2.45, 2.75) is 57.9 Å². The molecule has 2 aliphatic carbocycles. The quantitative estimate of drug-likeness (QED) is 0.662. The third-order valence-corrected chi connectivity index (χ3v) is 5.40. The van der Waals surface area contributed by atoms with Gasteiger partial charge in [0.2, 0.25) is 5.91 Å². The van der Waals surface area contributed by atoms with Crippen molar-refractivity contribution in [2.24, 2.45) is 5.92 Å². The Hall–Kier alpha value is -2.83. The molecule has 0 radical (unpaired) electrons. The number of nitrogens with one attached hydrogen (secondary N) is 2. The van der Waals surface area contributed by atoms with E-state index >= 15 is 0 Å². The Balaban J connectivity index is 1.64. The molecule has 2 aromatic rings. The Labute approximate surface area is 164 Å². The van der Waals surface area contributed by atoms with Crippen LogP contribution in [-0.4, -0.2) is 32.9 Å². The minimum atomic E-state index is -0.250. The number of hydrogen-bond donors (Lipinski definition) is 3. The molecule has 1 atom stereocenters. The van der Waals surface area contributed by atoms with E-state index in [1.54, 1.807) is 18.2 Å². The Morgan fingerprint density at radius 3 is 2.64 bits per heavy atom. The highest BCUT2D eigenvalue weighted by molar-refractivity contribution is 5.95. The zero-order valence-corrected chi connectivity index (χ0v) is 16.2. The predicted molar refractivity (Wildman–Crippen MR) is 106 cm³/mol. The SMILES string of the molecule is CCC(C)NC(=O)n1nc(-c2cc(NC(=O)C3CC3)ccc2O)cc1C1CC1. The number of carbonyl (C=O) groups excluding carboxylic acids is 2. The first-order valence-electron chi connectivity index (χ1n) is 10.0. The molecule has 1 unspecified atom stereocenters. The molecule has 2 amide bonds. The lowest BCUT2D eigenvalue weighted by atomic mass is 10.1. The topological polar surface area (TPSA) is 96.3 Å². The largest absolute Gasteiger partial charge is 0.507 e. The molecule has 0 aliphatic heterocycles. The number of benzene rings is 1. The first kappa shape index (κ1) is 18.5. The summed E-state index contributed by atoms with van der Waals surface area (Å²) in [6.45, 7) is 3.97. The smallest absolute Gasteiger partial charge is 0.342 e. The van der Waals surface area contributed by atoms with E-state index in [1.165, 1.54) is 4.68 Å². The number of amides is 2. The Kier molecular flexibility index (Phi) is 4.83. The number of rotatable bonds is 6. The van der Waals surface area contributed by atoms with Crippen molar-refractivity contribution in [3.63, 3.8) is 0 Å². The lowest BCUT2D eigenvalue weighted by Gasteiger charge is -2.12. The maximum atomic E-state index is 12.7. The zero-order chi connectivity index (χ0) is 19.8. The van der Waals surface area contributed by atoms with Crippen molar-refractivity contribution >= 4 is 17.6 Å². The molecule has 7 nitrogen and oxygen atoms in total. The maximum absolute atomic E-state index is 12.7. The van der Waals surface area contributed by atoms with Crippen LogP contribution >= 0.6 is 0 Å².